The van der Waals surface area contributed by atoms with E-state index in [4.69, 9.17) is 10.5 Å². The summed E-state index contributed by atoms with van der Waals surface area (Å²) in [6.45, 7) is 5.74. The molecular formula is C15H20N4O2. The van der Waals surface area contributed by atoms with Crippen LogP contribution in [0.15, 0.2) is 18.2 Å². The number of aryl methyl sites for hydroxylation is 2. The Balaban J connectivity index is 2.13. The lowest BCUT2D eigenvalue weighted by Crippen LogP contribution is -2.20. The van der Waals surface area contributed by atoms with Crippen molar-refractivity contribution in [1.29, 1.82) is 0 Å². The summed E-state index contributed by atoms with van der Waals surface area (Å²) in [5.74, 6) is 0.457. The summed E-state index contributed by atoms with van der Waals surface area (Å²) >= 11 is 0. The van der Waals surface area contributed by atoms with Crippen LogP contribution in [0.25, 0.3) is 0 Å². The van der Waals surface area contributed by atoms with Crippen LogP contribution in [-0.2, 0) is 11.3 Å². The van der Waals surface area contributed by atoms with Crippen LogP contribution in [0.1, 0.15) is 17.0 Å². The van der Waals surface area contributed by atoms with E-state index < -0.39 is 0 Å². The van der Waals surface area contributed by atoms with Crippen LogP contribution in [0.2, 0.25) is 0 Å². The Hall–Kier alpha value is -2.50. The summed E-state index contributed by atoms with van der Waals surface area (Å²) in [5.41, 5.74) is 9.71. The van der Waals surface area contributed by atoms with E-state index in [0.29, 0.717) is 17.1 Å². The third-order valence-electron chi connectivity index (χ3n) is 3.36. The summed E-state index contributed by atoms with van der Waals surface area (Å²) in [5, 5.41) is 7.08. The Morgan fingerprint density at radius 2 is 2.10 bits per heavy atom. The van der Waals surface area contributed by atoms with Gasteiger partial charge in [-0.15, -0.1) is 0 Å². The molecule has 112 valence electrons. The summed E-state index contributed by atoms with van der Waals surface area (Å²) < 4.78 is 6.86. The maximum atomic E-state index is 12.1. The second-order valence-electron chi connectivity index (χ2n) is 4.99. The van der Waals surface area contributed by atoms with Crippen molar-refractivity contribution in [3.05, 3.63) is 35.2 Å². The highest BCUT2D eigenvalue weighted by Crippen LogP contribution is 2.25. The van der Waals surface area contributed by atoms with Gasteiger partial charge in [-0.1, -0.05) is 6.07 Å². The second-order valence-corrected chi connectivity index (χ2v) is 4.99. The molecule has 0 saturated carbocycles. The van der Waals surface area contributed by atoms with Gasteiger partial charge in [0.25, 0.3) is 0 Å². The van der Waals surface area contributed by atoms with E-state index >= 15 is 0 Å². The predicted octanol–water partition coefficient (Wildman–Crippen LogP) is 2.04. The Kier molecular flexibility index (Phi) is 4.16. The van der Waals surface area contributed by atoms with Crippen molar-refractivity contribution < 1.29 is 9.53 Å². The topological polar surface area (TPSA) is 82.2 Å². The number of nitrogens with two attached hydrogens (primary N) is 1. The van der Waals surface area contributed by atoms with Gasteiger partial charge >= 0.3 is 0 Å². The molecule has 3 N–H and O–H groups in total. The van der Waals surface area contributed by atoms with Gasteiger partial charge in [-0.05, 0) is 38.5 Å². The highest BCUT2D eigenvalue weighted by Gasteiger charge is 2.13. The van der Waals surface area contributed by atoms with E-state index in [9.17, 15) is 4.79 Å². The van der Waals surface area contributed by atoms with Gasteiger partial charge in [0.2, 0.25) is 5.91 Å². The van der Waals surface area contributed by atoms with Crippen molar-refractivity contribution in [2.24, 2.45) is 0 Å². The zero-order valence-electron chi connectivity index (χ0n) is 12.7. The minimum absolute atomic E-state index is 0.112. The lowest BCUT2D eigenvalue weighted by atomic mass is 10.2. The number of ether oxygens (including phenoxy) is 1. The lowest BCUT2D eigenvalue weighted by molar-refractivity contribution is -0.116. The fraction of sp³-hybridized carbons (Fsp3) is 0.333. The number of carbonyl (C=O) groups excluding carboxylic acids is 1. The number of aromatic nitrogens is 2. The van der Waals surface area contributed by atoms with E-state index in [1.165, 1.54) is 0 Å². The number of benzene rings is 1. The molecule has 6 nitrogen and oxygen atoms in total. The van der Waals surface area contributed by atoms with E-state index in [0.717, 1.165) is 17.0 Å². The van der Waals surface area contributed by atoms with E-state index in [1.54, 1.807) is 11.8 Å². The number of rotatable bonds is 4. The summed E-state index contributed by atoms with van der Waals surface area (Å²) in [6, 6.07) is 5.61. The molecule has 0 saturated heterocycles. The highest BCUT2D eigenvalue weighted by molar-refractivity contribution is 5.92. The van der Waals surface area contributed by atoms with Gasteiger partial charge < -0.3 is 15.8 Å². The molecule has 0 aliphatic carbocycles. The van der Waals surface area contributed by atoms with Crippen LogP contribution >= 0.6 is 0 Å². The second kappa shape index (κ2) is 5.87. The fourth-order valence-corrected chi connectivity index (χ4v) is 2.09. The molecule has 1 aromatic carbocycles. The first-order valence-electron chi connectivity index (χ1n) is 6.66. The number of anilines is 2. The van der Waals surface area contributed by atoms with Gasteiger partial charge in [0, 0.05) is 0 Å². The van der Waals surface area contributed by atoms with Gasteiger partial charge in [-0.25, -0.2) is 0 Å². The first-order chi connectivity index (χ1) is 9.92. The van der Waals surface area contributed by atoms with E-state index in [-0.39, 0.29) is 12.5 Å². The van der Waals surface area contributed by atoms with Crippen molar-refractivity contribution >= 4 is 17.3 Å². The average Bonchev–Trinajstić information content (AvgIpc) is 2.68. The first kappa shape index (κ1) is 14.9. The van der Waals surface area contributed by atoms with Crippen molar-refractivity contribution in [3.63, 3.8) is 0 Å². The largest absolute Gasteiger partial charge is 0.495 e. The van der Waals surface area contributed by atoms with Crippen LogP contribution in [0.5, 0.6) is 5.75 Å². The molecule has 0 fully saturated rings. The van der Waals surface area contributed by atoms with Gasteiger partial charge in [0.15, 0.2) is 0 Å². The fourth-order valence-electron chi connectivity index (χ4n) is 2.09. The van der Waals surface area contributed by atoms with E-state index in [1.807, 2.05) is 39.0 Å². The quantitative estimate of drug-likeness (QED) is 0.902. The van der Waals surface area contributed by atoms with Crippen LogP contribution in [0, 0.1) is 20.8 Å². The number of nitrogens with one attached hydrogen (secondary N) is 1. The molecule has 2 rings (SSSR count). The van der Waals surface area contributed by atoms with Crippen molar-refractivity contribution in [3.8, 4) is 5.75 Å². The molecule has 0 bridgehead atoms. The first-order valence-corrected chi connectivity index (χ1v) is 6.66. The van der Waals surface area contributed by atoms with Gasteiger partial charge in [-0.2, -0.15) is 5.10 Å². The number of nitrogens with zero attached hydrogens (tertiary/aromatic N) is 2. The molecular weight excluding hydrogens is 268 g/mol. The van der Waals surface area contributed by atoms with Crippen molar-refractivity contribution in [2.45, 2.75) is 27.3 Å². The standard InChI is InChI=1S/C15H20N4O2/c1-9-5-6-12(13(7-9)21-4)17-14(20)8-19-11(3)15(16)10(2)18-19/h5-7H,8,16H2,1-4H3,(H,17,20). The van der Waals surface area contributed by atoms with E-state index in [2.05, 4.69) is 10.4 Å². The number of nitrogen functional groups attached to an aromatic ring is 1. The third kappa shape index (κ3) is 3.16. The molecule has 1 heterocycles. The van der Waals surface area contributed by atoms with Crippen molar-refractivity contribution in [2.75, 3.05) is 18.2 Å². The van der Waals surface area contributed by atoms with Crippen LogP contribution < -0.4 is 15.8 Å². The summed E-state index contributed by atoms with van der Waals surface area (Å²) in [6.07, 6.45) is 0. The molecule has 6 heteroatoms. The molecule has 0 aliphatic rings. The molecule has 0 spiro atoms. The highest BCUT2D eigenvalue weighted by atomic mass is 16.5. The Morgan fingerprint density at radius 3 is 2.67 bits per heavy atom. The maximum absolute atomic E-state index is 12.1. The summed E-state index contributed by atoms with van der Waals surface area (Å²) in [7, 11) is 1.58. The van der Waals surface area contributed by atoms with Crippen LogP contribution in [0.3, 0.4) is 0 Å². The minimum Gasteiger partial charge on any atom is -0.495 e. The third-order valence-corrected chi connectivity index (χ3v) is 3.36. The zero-order chi connectivity index (χ0) is 15.6. The molecule has 1 aromatic heterocycles. The maximum Gasteiger partial charge on any atom is 0.246 e. The Labute approximate surface area is 123 Å². The normalized spacial score (nSPS) is 10.5. The van der Waals surface area contributed by atoms with Crippen LogP contribution in [0.4, 0.5) is 11.4 Å². The monoisotopic (exact) mass is 288 g/mol. The summed E-state index contributed by atoms with van der Waals surface area (Å²) in [4.78, 5) is 12.1. The van der Waals surface area contributed by atoms with Crippen LogP contribution in [-0.4, -0.2) is 22.8 Å². The molecule has 21 heavy (non-hydrogen) atoms. The Morgan fingerprint density at radius 1 is 1.38 bits per heavy atom. The minimum atomic E-state index is -0.178. The molecule has 0 unspecified atom stereocenters. The average molecular weight is 288 g/mol. The Bertz CT molecular complexity index is 677. The molecule has 0 atom stereocenters. The zero-order valence-corrected chi connectivity index (χ0v) is 12.7. The number of methoxy groups -OCH3 is 1. The molecule has 0 radical (unpaired) electrons. The van der Waals surface area contributed by atoms with Gasteiger partial charge in [-0.3, -0.25) is 9.48 Å². The number of hydrogen-bond acceptors (Lipinski definition) is 4. The SMILES string of the molecule is COc1cc(C)ccc1NC(=O)Cn1nc(C)c(N)c1C. The van der Waals surface area contributed by atoms with Gasteiger partial charge in [0.05, 0.1) is 29.9 Å². The predicted molar refractivity (Wildman–Crippen MR) is 82.5 cm³/mol. The lowest BCUT2D eigenvalue weighted by Gasteiger charge is -2.11. The molecule has 2 aromatic rings. The number of carbonyl (C=O) groups is 1. The van der Waals surface area contributed by atoms with Crippen molar-refractivity contribution in [1.82, 2.24) is 9.78 Å². The molecule has 1 amide bonds. The number of amides is 1. The smallest absolute Gasteiger partial charge is 0.246 e. The molecule has 0 aliphatic heterocycles. The number of hydrogen-bond donors (Lipinski definition) is 2. The van der Waals surface area contributed by atoms with Gasteiger partial charge in [0.1, 0.15) is 12.3 Å².